The number of rotatable bonds is 5. The Bertz CT molecular complexity index is 951. The Morgan fingerprint density at radius 1 is 1.06 bits per heavy atom. The van der Waals surface area contributed by atoms with Crippen LogP contribution in [0.1, 0.15) is 16.7 Å². The quantitative estimate of drug-likeness (QED) is 0.656. The van der Waals surface area contributed by atoms with Crippen LogP contribution in [0.2, 0.25) is 0 Å². The van der Waals surface area contributed by atoms with E-state index in [0.717, 1.165) is 23.2 Å². The summed E-state index contributed by atoms with van der Waals surface area (Å²) in [5, 5.41) is 13.8. The van der Waals surface area contributed by atoms with Gasteiger partial charge in [0.05, 0.1) is 24.1 Å². The van der Waals surface area contributed by atoms with E-state index in [1.165, 1.54) is 0 Å². The highest BCUT2D eigenvalue weighted by Gasteiger charge is 2.39. The van der Waals surface area contributed by atoms with Crippen LogP contribution >= 0.6 is 0 Å². The van der Waals surface area contributed by atoms with Crippen LogP contribution in [-0.4, -0.2) is 71.7 Å². The molecule has 2 aliphatic rings. The Morgan fingerprint density at radius 2 is 1.72 bits per heavy atom. The average Bonchev–Trinajstić information content (AvgIpc) is 2.78. The van der Waals surface area contributed by atoms with Crippen LogP contribution in [0.15, 0.2) is 54.6 Å². The number of carbonyl (C=O) groups is 2. The molecule has 1 saturated heterocycles. The number of fused-ring (bicyclic) bond motifs is 1. The molecular formula is C25H32N4O3. The van der Waals surface area contributed by atoms with E-state index in [4.69, 9.17) is 5.73 Å². The molecule has 170 valence electrons. The summed E-state index contributed by atoms with van der Waals surface area (Å²) >= 11 is 0. The SMILES string of the molecule is CN1CCN(C(N)=O)C([C@H](Cc2ccccc2)C(=O)N[C@@H]2Cc3ccccc3C[C@H]2O)C1. The Morgan fingerprint density at radius 3 is 2.41 bits per heavy atom. The molecule has 4 atom stereocenters. The lowest BCUT2D eigenvalue weighted by molar-refractivity contribution is -0.129. The number of primary amides is 1. The average molecular weight is 437 g/mol. The summed E-state index contributed by atoms with van der Waals surface area (Å²) in [6, 6.07) is 16.7. The van der Waals surface area contributed by atoms with Gasteiger partial charge in [-0.05, 0) is 36.6 Å². The van der Waals surface area contributed by atoms with Crippen LogP contribution in [0.3, 0.4) is 0 Å². The van der Waals surface area contributed by atoms with Crippen molar-refractivity contribution in [1.82, 2.24) is 15.1 Å². The van der Waals surface area contributed by atoms with Crippen LogP contribution in [0.4, 0.5) is 4.79 Å². The van der Waals surface area contributed by atoms with Crippen molar-refractivity contribution < 1.29 is 14.7 Å². The number of aliphatic hydroxyl groups excluding tert-OH is 1. The number of likely N-dealkylation sites (N-methyl/N-ethyl adjacent to an activating group) is 1. The van der Waals surface area contributed by atoms with Crippen LogP contribution in [0.5, 0.6) is 0 Å². The number of benzene rings is 2. The van der Waals surface area contributed by atoms with Gasteiger partial charge in [-0.25, -0.2) is 4.79 Å². The summed E-state index contributed by atoms with van der Waals surface area (Å²) in [5.41, 5.74) is 9.00. The second kappa shape index (κ2) is 9.71. The fourth-order valence-electron chi connectivity index (χ4n) is 4.98. The lowest BCUT2D eigenvalue weighted by Crippen LogP contribution is -2.62. The zero-order valence-corrected chi connectivity index (χ0v) is 18.5. The highest BCUT2D eigenvalue weighted by atomic mass is 16.3. The van der Waals surface area contributed by atoms with Gasteiger partial charge in [0.2, 0.25) is 5.91 Å². The molecule has 1 aliphatic heterocycles. The maximum atomic E-state index is 13.6. The third kappa shape index (κ3) is 4.95. The topological polar surface area (TPSA) is 98.9 Å². The van der Waals surface area contributed by atoms with Crippen molar-refractivity contribution >= 4 is 11.9 Å². The molecule has 1 heterocycles. The number of nitrogens with zero attached hydrogens (tertiary/aromatic N) is 2. The first kappa shape index (κ1) is 22.3. The van der Waals surface area contributed by atoms with E-state index >= 15 is 0 Å². The number of piperazine rings is 1. The minimum Gasteiger partial charge on any atom is -0.391 e. The van der Waals surface area contributed by atoms with E-state index in [9.17, 15) is 14.7 Å². The molecule has 32 heavy (non-hydrogen) atoms. The van der Waals surface area contributed by atoms with Gasteiger partial charge in [0, 0.05) is 26.1 Å². The van der Waals surface area contributed by atoms with Gasteiger partial charge in [0.1, 0.15) is 0 Å². The molecule has 4 rings (SSSR count). The molecule has 7 heteroatoms. The summed E-state index contributed by atoms with van der Waals surface area (Å²) in [4.78, 5) is 29.6. The molecule has 0 saturated carbocycles. The highest BCUT2D eigenvalue weighted by Crippen LogP contribution is 2.25. The third-order valence-electron chi connectivity index (χ3n) is 6.78. The smallest absolute Gasteiger partial charge is 0.315 e. The molecule has 2 aromatic rings. The van der Waals surface area contributed by atoms with E-state index in [1.807, 2.05) is 61.6 Å². The van der Waals surface area contributed by atoms with E-state index in [-0.39, 0.29) is 18.0 Å². The molecule has 1 fully saturated rings. The van der Waals surface area contributed by atoms with E-state index in [2.05, 4.69) is 10.2 Å². The Kier molecular flexibility index (Phi) is 6.77. The normalized spacial score (nSPS) is 24.4. The highest BCUT2D eigenvalue weighted by molar-refractivity contribution is 5.82. The predicted octanol–water partition coefficient (Wildman–Crippen LogP) is 1.18. The maximum absolute atomic E-state index is 13.6. The van der Waals surface area contributed by atoms with Gasteiger partial charge in [-0.1, -0.05) is 54.6 Å². The Hall–Kier alpha value is -2.90. The molecule has 0 spiro atoms. The Balaban J connectivity index is 1.57. The zero-order valence-electron chi connectivity index (χ0n) is 18.5. The number of hydrogen-bond donors (Lipinski definition) is 3. The second-order valence-electron chi connectivity index (χ2n) is 9.02. The van der Waals surface area contributed by atoms with Crippen LogP contribution in [0, 0.1) is 5.92 Å². The summed E-state index contributed by atoms with van der Waals surface area (Å²) in [7, 11) is 1.99. The van der Waals surface area contributed by atoms with E-state index in [0.29, 0.717) is 32.4 Å². The van der Waals surface area contributed by atoms with Crippen LogP contribution in [0.25, 0.3) is 0 Å². The Labute approximate surface area is 189 Å². The minimum absolute atomic E-state index is 0.149. The van der Waals surface area contributed by atoms with Crippen molar-refractivity contribution in [2.75, 3.05) is 26.7 Å². The summed E-state index contributed by atoms with van der Waals surface area (Å²) in [6.45, 7) is 1.79. The second-order valence-corrected chi connectivity index (χ2v) is 9.02. The van der Waals surface area contributed by atoms with Crippen molar-refractivity contribution in [3.05, 3.63) is 71.3 Å². The van der Waals surface area contributed by atoms with Crippen molar-refractivity contribution in [3.8, 4) is 0 Å². The molecule has 4 N–H and O–H groups in total. The summed E-state index contributed by atoms with van der Waals surface area (Å²) < 4.78 is 0. The van der Waals surface area contributed by atoms with Gasteiger partial charge < -0.3 is 26.0 Å². The number of amides is 3. The molecule has 0 bridgehead atoms. The van der Waals surface area contributed by atoms with Crippen molar-refractivity contribution in [2.24, 2.45) is 11.7 Å². The molecule has 7 nitrogen and oxygen atoms in total. The molecular weight excluding hydrogens is 404 g/mol. The van der Waals surface area contributed by atoms with E-state index in [1.54, 1.807) is 4.90 Å². The van der Waals surface area contributed by atoms with Gasteiger partial charge in [-0.3, -0.25) is 4.79 Å². The number of nitrogens with two attached hydrogens (primary N) is 1. The van der Waals surface area contributed by atoms with Crippen molar-refractivity contribution in [2.45, 2.75) is 37.5 Å². The van der Waals surface area contributed by atoms with Gasteiger partial charge in [-0.2, -0.15) is 0 Å². The van der Waals surface area contributed by atoms with Crippen molar-refractivity contribution in [1.29, 1.82) is 0 Å². The fraction of sp³-hybridized carbons (Fsp3) is 0.440. The number of carbonyl (C=O) groups excluding carboxylic acids is 2. The lowest BCUT2D eigenvalue weighted by atomic mass is 9.84. The standard InChI is InChI=1S/C25H32N4O3/c1-28-11-12-29(25(26)32)22(16-28)20(13-17-7-3-2-4-8-17)24(31)27-21-14-18-9-5-6-10-19(18)15-23(21)30/h2-10,20-23,30H,11-16H2,1H3,(H2,26,32)(H,27,31)/t20-,21+,22?,23+/m0/s1. The predicted molar refractivity (Wildman–Crippen MR) is 123 cm³/mol. The number of nitrogens with one attached hydrogen (secondary N) is 1. The first-order valence-corrected chi connectivity index (χ1v) is 11.3. The zero-order chi connectivity index (χ0) is 22.7. The van der Waals surface area contributed by atoms with Gasteiger partial charge in [-0.15, -0.1) is 0 Å². The van der Waals surface area contributed by atoms with Crippen LogP contribution < -0.4 is 11.1 Å². The molecule has 1 unspecified atom stereocenters. The number of urea groups is 1. The first-order chi connectivity index (χ1) is 15.4. The molecule has 1 aliphatic carbocycles. The number of aliphatic hydroxyl groups is 1. The van der Waals surface area contributed by atoms with Crippen LogP contribution in [-0.2, 0) is 24.1 Å². The van der Waals surface area contributed by atoms with Gasteiger partial charge in [0.15, 0.2) is 0 Å². The van der Waals surface area contributed by atoms with Gasteiger partial charge >= 0.3 is 6.03 Å². The molecule has 0 radical (unpaired) electrons. The molecule has 2 aromatic carbocycles. The number of hydrogen-bond acceptors (Lipinski definition) is 4. The summed E-state index contributed by atoms with van der Waals surface area (Å²) in [6.07, 6.45) is 0.955. The fourth-order valence-corrected chi connectivity index (χ4v) is 4.98. The maximum Gasteiger partial charge on any atom is 0.315 e. The van der Waals surface area contributed by atoms with Gasteiger partial charge in [0.25, 0.3) is 0 Å². The molecule has 0 aromatic heterocycles. The minimum atomic E-state index is -0.646. The van der Waals surface area contributed by atoms with Crippen molar-refractivity contribution in [3.63, 3.8) is 0 Å². The summed E-state index contributed by atoms with van der Waals surface area (Å²) in [5.74, 6) is -0.624. The molecule has 3 amide bonds. The largest absolute Gasteiger partial charge is 0.391 e. The third-order valence-corrected chi connectivity index (χ3v) is 6.78. The monoisotopic (exact) mass is 436 g/mol. The van der Waals surface area contributed by atoms with E-state index < -0.39 is 18.1 Å². The lowest BCUT2D eigenvalue weighted by Gasteiger charge is -2.43. The first-order valence-electron chi connectivity index (χ1n) is 11.3.